The Kier molecular flexibility index (Phi) is 4.88. The molecule has 0 bridgehead atoms. The first-order valence-corrected chi connectivity index (χ1v) is 12.2. The number of nitrogens with zero attached hydrogens (tertiary/aromatic N) is 3. The van der Waals surface area contributed by atoms with Crippen LogP contribution in [0.25, 0.3) is 0 Å². The van der Waals surface area contributed by atoms with E-state index < -0.39 is 20.0 Å². The third-order valence-electron chi connectivity index (χ3n) is 4.18. The van der Waals surface area contributed by atoms with E-state index in [4.69, 9.17) is 0 Å². The molecule has 0 amide bonds. The molecule has 3 aromatic rings. The molecule has 152 valence electrons. The summed E-state index contributed by atoms with van der Waals surface area (Å²) in [4.78, 5) is 3.71. The van der Waals surface area contributed by atoms with Gasteiger partial charge in [0.1, 0.15) is 6.33 Å². The number of fused-ring (bicyclic) bond motifs is 1. The number of H-pyrrole nitrogens is 1. The molecular weight excluding hydrogens is 436 g/mol. The standard InChI is InChI=1S/C16H16N6O4S3/c1-22-15-7-6-12(8-11(15)9-27-22)28(23,24)20-13-4-2-3-5-14(13)21-29(25,26)16-17-10-18-19-16/h2-8,10,20-21H,9H2,1H3,(H,17,18,19). The van der Waals surface area contributed by atoms with Gasteiger partial charge in [0.05, 0.1) is 22.0 Å². The van der Waals surface area contributed by atoms with Crippen molar-refractivity contribution in [2.75, 3.05) is 20.8 Å². The van der Waals surface area contributed by atoms with Crippen molar-refractivity contribution >= 4 is 49.1 Å². The number of anilines is 3. The number of aromatic amines is 1. The maximum Gasteiger partial charge on any atom is 0.297 e. The lowest BCUT2D eigenvalue weighted by atomic mass is 10.2. The first-order valence-electron chi connectivity index (χ1n) is 8.26. The van der Waals surface area contributed by atoms with Gasteiger partial charge in [-0.2, -0.15) is 13.5 Å². The van der Waals surface area contributed by atoms with E-state index in [-0.39, 0.29) is 21.4 Å². The molecule has 2 heterocycles. The fourth-order valence-corrected chi connectivity index (χ4v) is 5.70. The second-order valence-corrected chi connectivity index (χ2v) is 10.5. The molecule has 0 aliphatic carbocycles. The molecule has 0 radical (unpaired) electrons. The van der Waals surface area contributed by atoms with E-state index in [1.165, 1.54) is 18.2 Å². The molecule has 1 aromatic heterocycles. The molecule has 10 nitrogen and oxygen atoms in total. The second kappa shape index (κ2) is 7.24. The smallest absolute Gasteiger partial charge is 0.297 e. The van der Waals surface area contributed by atoms with Gasteiger partial charge in [-0.25, -0.2) is 18.5 Å². The number of para-hydroxylation sites is 2. The Bertz CT molecular complexity index is 1260. The topological polar surface area (TPSA) is 137 Å². The van der Waals surface area contributed by atoms with Gasteiger partial charge >= 0.3 is 0 Å². The van der Waals surface area contributed by atoms with Crippen molar-refractivity contribution in [1.29, 1.82) is 0 Å². The lowest BCUT2D eigenvalue weighted by molar-refractivity contribution is 0.592. The van der Waals surface area contributed by atoms with E-state index in [1.54, 1.807) is 36.2 Å². The zero-order valence-corrected chi connectivity index (χ0v) is 17.5. The first kappa shape index (κ1) is 19.5. The number of rotatable bonds is 6. The van der Waals surface area contributed by atoms with Gasteiger partial charge in [-0.05, 0) is 47.8 Å². The molecule has 0 atom stereocenters. The molecule has 4 rings (SSSR count). The Morgan fingerprint density at radius 2 is 1.72 bits per heavy atom. The van der Waals surface area contributed by atoms with Crippen LogP contribution in [0, 0.1) is 0 Å². The number of hydrogen-bond acceptors (Lipinski definition) is 8. The zero-order valence-electron chi connectivity index (χ0n) is 15.0. The minimum atomic E-state index is -4.05. The molecule has 0 fully saturated rings. The van der Waals surface area contributed by atoms with Crippen LogP contribution < -0.4 is 13.7 Å². The monoisotopic (exact) mass is 452 g/mol. The second-order valence-electron chi connectivity index (χ2n) is 6.11. The summed E-state index contributed by atoms with van der Waals surface area (Å²) in [5.74, 6) is 0.683. The molecule has 2 aromatic carbocycles. The highest BCUT2D eigenvalue weighted by atomic mass is 32.2. The lowest BCUT2D eigenvalue weighted by Crippen LogP contribution is -2.18. The summed E-state index contributed by atoms with van der Waals surface area (Å²) in [6.07, 6.45) is 1.06. The maximum atomic E-state index is 12.9. The van der Waals surface area contributed by atoms with Crippen molar-refractivity contribution in [2.45, 2.75) is 15.8 Å². The van der Waals surface area contributed by atoms with E-state index >= 15 is 0 Å². The third kappa shape index (κ3) is 3.88. The number of nitrogens with one attached hydrogen (secondary N) is 3. The van der Waals surface area contributed by atoms with Crippen molar-refractivity contribution in [3.63, 3.8) is 0 Å². The fraction of sp³-hybridized carbons (Fsp3) is 0.125. The van der Waals surface area contributed by atoms with Crippen LogP contribution in [0.2, 0.25) is 0 Å². The SMILES string of the molecule is CN1SCc2cc(S(=O)(=O)Nc3ccccc3NS(=O)(=O)c3ncn[nH]3)ccc21. The highest BCUT2D eigenvalue weighted by molar-refractivity contribution is 8.00. The molecule has 0 spiro atoms. The van der Waals surface area contributed by atoms with Crippen molar-refractivity contribution in [2.24, 2.45) is 0 Å². The van der Waals surface area contributed by atoms with Crippen molar-refractivity contribution in [1.82, 2.24) is 15.2 Å². The van der Waals surface area contributed by atoms with Crippen LogP contribution >= 0.6 is 11.9 Å². The van der Waals surface area contributed by atoms with Crippen LogP contribution in [0.15, 0.2) is 58.8 Å². The van der Waals surface area contributed by atoms with Crippen molar-refractivity contribution in [3.8, 4) is 0 Å². The van der Waals surface area contributed by atoms with Gasteiger partial charge in [-0.3, -0.25) is 9.44 Å². The molecule has 0 unspecified atom stereocenters. The average Bonchev–Trinajstić information content (AvgIpc) is 3.34. The number of aromatic nitrogens is 3. The van der Waals surface area contributed by atoms with E-state index in [0.717, 1.165) is 17.6 Å². The van der Waals surface area contributed by atoms with Crippen LogP contribution in [0.4, 0.5) is 17.1 Å². The predicted molar refractivity (Wildman–Crippen MR) is 111 cm³/mol. The van der Waals surface area contributed by atoms with E-state index in [2.05, 4.69) is 24.6 Å². The molecule has 29 heavy (non-hydrogen) atoms. The van der Waals surface area contributed by atoms with Gasteiger partial charge < -0.3 is 4.31 Å². The largest absolute Gasteiger partial charge is 0.319 e. The van der Waals surface area contributed by atoms with Gasteiger partial charge in [-0.1, -0.05) is 12.1 Å². The number of sulfonamides is 2. The van der Waals surface area contributed by atoms with Crippen molar-refractivity contribution in [3.05, 3.63) is 54.4 Å². The number of benzene rings is 2. The molecule has 0 saturated carbocycles. The first-order chi connectivity index (χ1) is 13.8. The Morgan fingerprint density at radius 3 is 2.38 bits per heavy atom. The van der Waals surface area contributed by atoms with E-state index in [0.29, 0.717) is 5.75 Å². The Balaban J connectivity index is 1.63. The quantitative estimate of drug-likeness (QED) is 0.483. The zero-order chi connectivity index (χ0) is 20.6. The average molecular weight is 453 g/mol. The maximum absolute atomic E-state index is 12.9. The minimum absolute atomic E-state index is 0.0592. The highest BCUT2D eigenvalue weighted by Gasteiger charge is 2.24. The van der Waals surface area contributed by atoms with E-state index in [9.17, 15) is 16.8 Å². The Hall–Kier alpha value is -2.77. The molecule has 3 N–H and O–H groups in total. The van der Waals surface area contributed by atoms with E-state index in [1.807, 2.05) is 11.4 Å². The Labute approximate surface area is 172 Å². The highest BCUT2D eigenvalue weighted by Crippen LogP contribution is 2.37. The summed E-state index contributed by atoms with van der Waals surface area (Å²) in [5.41, 5.74) is 2.03. The fourth-order valence-electron chi connectivity index (χ4n) is 2.77. The van der Waals surface area contributed by atoms with Crippen molar-refractivity contribution < 1.29 is 16.8 Å². The van der Waals surface area contributed by atoms with Crippen LogP contribution in [0.5, 0.6) is 0 Å². The number of hydrogen-bond donors (Lipinski definition) is 3. The van der Waals surface area contributed by atoms with Gasteiger partial charge in [0.2, 0.25) is 0 Å². The summed E-state index contributed by atoms with van der Waals surface area (Å²) in [6.45, 7) is 0. The lowest BCUT2D eigenvalue weighted by Gasteiger charge is -2.14. The van der Waals surface area contributed by atoms with Crippen LogP contribution in [0.1, 0.15) is 5.56 Å². The molecule has 13 heteroatoms. The molecular formula is C16H16N6O4S3. The molecule has 1 aliphatic rings. The molecule has 1 aliphatic heterocycles. The summed E-state index contributed by atoms with van der Waals surface area (Å²) < 4.78 is 57.3. The van der Waals surface area contributed by atoms with Gasteiger partial charge in [-0.15, -0.1) is 0 Å². The van der Waals surface area contributed by atoms with Gasteiger partial charge in [0, 0.05) is 12.8 Å². The van der Waals surface area contributed by atoms with Crippen LogP contribution in [-0.4, -0.2) is 39.1 Å². The Morgan fingerprint density at radius 1 is 1.03 bits per heavy atom. The van der Waals surface area contributed by atoms with Crippen LogP contribution in [0.3, 0.4) is 0 Å². The predicted octanol–water partition coefficient (Wildman–Crippen LogP) is 2.00. The minimum Gasteiger partial charge on any atom is -0.319 e. The summed E-state index contributed by atoms with van der Waals surface area (Å²) in [6, 6.07) is 11.0. The summed E-state index contributed by atoms with van der Waals surface area (Å²) in [7, 11) is -6.07. The van der Waals surface area contributed by atoms with Crippen LogP contribution in [-0.2, 0) is 25.8 Å². The summed E-state index contributed by atoms with van der Waals surface area (Å²) >= 11 is 1.58. The summed E-state index contributed by atoms with van der Waals surface area (Å²) in [5, 5.41) is 5.40. The third-order valence-corrected chi connectivity index (χ3v) is 7.76. The van der Waals surface area contributed by atoms with Gasteiger partial charge in [0.15, 0.2) is 0 Å². The molecule has 0 saturated heterocycles. The van der Waals surface area contributed by atoms with Gasteiger partial charge in [0.25, 0.3) is 25.2 Å². The normalized spacial score (nSPS) is 13.9.